The van der Waals surface area contributed by atoms with Crippen LogP contribution >= 0.6 is 11.8 Å². The molecule has 0 bridgehead atoms. The number of unbranched alkanes of at least 4 members (excludes halogenated alkanes) is 9. The van der Waals surface area contributed by atoms with Gasteiger partial charge in [0.15, 0.2) is 0 Å². The first kappa shape index (κ1) is 24.5. The van der Waals surface area contributed by atoms with Gasteiger partial charge in [-0.3, -0.25) is 4.79 Å². The Kier molecular flexibility index (Phi) is 19.5. The molecule has 0 saturated heterocycles. The summed E-state index contributed by atoms with van der Waals surface area (Å²) in [5.41, 5.74) is 0. The van der Waals surface area contributed by atoms with E-state index >= 15 is 0 Å². The van der Waals surface area contributed by atoms with Gasteiger partial charge in [0.2, 0.25) is 0 Å². The Morgan fingerprint density at radius 2 is 1.56 bits per heavy atom. The molecule has 0 amide bonds. The maximum atomic E-state index is 10.4. The minimum atomic E-state index is -0.705. The molecule has 0 heterocycles. The van der Waals surface area contributed by atoms with Crippen LogP contribution in [0.3, 0.4) is 0 Å². The number of rotatable bonds is 19. The van der Waals surface area contributed by atoms with Crippen LogP contribution in [0.1, 0.15) is 97.3 Å². The Morgan fingerprint density at radius 3 is 2.20 bits per heavy atom. The summed E-state index contributed by atoms with van der Waals surface area (Å²) >= 11 is 1.94. The highest BCUT2D eigenvalue weighted by Gasteiger charge is 2.02. The average molecular weight is 372 g/mol. The fraction of sp³-hybridized carbons (Fsp3) is 0.857. The quantitative estimate of drug-likeness (QED) is 0.157. The third-order valence-electron chi connectivity index (χ3n) is 4.27. The topological polar surface area (TPSA) is 49.3 Å². The van der Waals surface area contributed by atoms with Crippen LogP contribution in [0.2, 0.25) is 0 Å². The Hall–Kier alpha value is -0.480. The molecule has 0 aliphatic carbocycles. The summed E-state index contributed by atoms with van der Waals surface area (Å²) in [7, 11) is 0. The number of nitrogens with one attached hydrogen (secondary N) is 1. The van der Waals surface area contributed by atoms with Crippen molar-refractivity contribution in [1.29, 1.82) is 0 Å². The van der Waals surface area contributed by atoms with Crippen LogP contribution in [0.25, 0.3) is 0 Å². The van der Waals surface area contributed by atoms with Crippen molar-refractivity contribution in [3.05, 3.63) is 12.2 Å². The summed E-state index contributed by atoms with van der Waals surface area (Å²) in [5, 5.41) is 12.4. The van der Waals surface area contributed by atoms with Gasteiger partial charge < -0.3 is 10.4 Å². The molecule has 0 rings (SSSR count). The Labute approximate surface area is 160 Å². The monoisotopic (exact) mass is 371 g/mol. The van der Waals surface area contributed by atoms with Crippen molar-refractivity contribution in [1.82, 2.24) is 5.32 Å². The average Bonchev–Trinajstić information content (AvgIpc) is 2.59. The van der Waals surface area contributed by atoms with Crippen LogP contribution in [0.5, 0.6) is 0 Å². The predicted octanol–water partition coefficient (Wildman–Crippen LogP) is 6.39. The second kappa shape index (κ2) is 19.8. The van der Waals surface area contributed by atoms with Crippen LogP contribution in [0.15, 0.2) is 12.2 Å². The summed E-state index contributed by atoms with van der Waals surface area (Å²) in [5.74, 6) is 0.484. The third kappa shape index (κ3) is 21.5. The summed E-state index contributed by atoms with van der Waals surface area (Å²) in [6.07, 6.45) is 20.4. The van der Waals surface area contributed by atoms with E-state index in [1.165, 1.54) is 76.4 Å². The summed E-state index contributed by atoms with van der Waals surface area (Å²) in [6.45, 7) is 5.23. The minimum Gasteiger partial charge on any atom is -0.481 e. The number of allylic oxidation sites excluding steroid dienone is 2. The van der Waals surface area contributed by atoms with Crippen molar-refractivity contribution in [2.75, 3.05) is 12.3 Å². The van der Waals surface area contributed by atoms with Crippen molar-refractivity contribution in [2.24, 2.45) is 0 Å². The van der Waals surface area contributed by atoms with Crippen molar-refractivity contribution in [3.63, 3.8) is 0 Å². The van der Waals surface area contributed by atoms with E-state index in [0.717, 1.165) is 6.54 Å². The highest BCUT2D eigenvalue weighted by atomic mass is 32.2. The third-order valence-corrected chi connectivity index (χ3v) is 5.46. The summed E-state index contributed by atoms with van der Waals surface area (Å²) in [6, 6.07) is 0. The predicted molar refractivity (Wildman–Crippen MR) is 112 cm³/mol. The molecule has 148 valence electrons. The number of hydrogen-bond acceptors (Lipinski definition) is 3. The first-order valence-electron chi connectivity index (χ1n) is 10.4. The molecule has 0 aromatic rings. The standard InChI is InChI=1S/C21H41NO2S/c1-3-4-5-6-7-8-9-10-11-12-13-14-15-19-25-20(2)22-18-16-17-21(23)24/h10-11,20,22H,3-9,12-19H2,1-2H3,(H,23,24)/b11-10-. The van der Waals surface area contributed by atoms with Crippen molar-refractivity contribution >= 4 is 17.7 Å². The van der Waals surface area contributed by atoms with Gasteiger partial charge in [0.25, 0.3) is 0 Å². The van der Waals surface area contributed by atoms with Gasteiger partial charge >= 0.3 is 5.97 Å². The largest absolute Gasteiger partial charge is 0.481 e. The summed E-state index contributed by atoms with van der Waals surface area (Å²) in [4.78, 5) is 10.4. The zero-order chi connectivity index (χ0) is 18.6. The van der Waals surface area contributed by atoms with E-state index in [1.807, 2.05) is 11.8 Å². The van der Waals surface area contributed by atoms with Gasteiger partial charge in [-0.25, -0.2) is 0 Å². The lowest BCUT2D eigenvalue weighted by Crippen LogP contribution is -2.24. The van der Waals surface area contributed by atoms with Gasteiger partial charge in [0.05, 0.1) is 5.37 Å². The van der Waals surface area contributed by atoms with E-state index in [1.54, 1.807) is 0 Å². The fourth-order valence-electron chi connectivity index (χ4n) is 2.68. The molecule has 0 aliphatic rings. The first-order valence-corrected chi connectivity index (χ1v) is 11.4. The normalized spacial score (nSPS) is 12.7. The molecule has 1 atom stereocenters. The molecule has 25 heavy (non-hydrogen) atoms. The number of carboxylic acids is 1. The van der Waals surface area contributed by atoms with Gasteiger partial charge in [0, 0.05) is 6.42 Å². The zero-order valence-electron chi connectivity index (χ0n) is 16.6. The molecule has 0 aromatic carbocycles. The molecule has 0 aromatic heterocycles. The maximum Gasteiger partial charge on any atom is 0.303 e. The summed E-state index contributed by atoms with van der Waals surface area (Å²) < 4.78 is 0. The molecular formula is C21H41NO2S. The highest BCUT2D eigenvalue weighted by Crippen LogP contribution is 2.12. The molecular weight excluding hydrogens is 330 g/mol. The molecule has 0 saturated carbocycles. The second-order valence-corrected chi connectivity index (χ2v) is 8.29. The molecule has 0 fully saturated rings. The second-order valence-electron chi connectivity index (χ2n) is 6.84. The van der Waals surface area contributed by atoms with E-state index in [0.29, 0.717) is 11.8 Å². The van der Waals surface area contributed by atoms with Crippen LogP contribution in [-0.2, 0) is 4.79 Å². The minimum absolute atomic E-state index is 0.261. The molecule has 1 unspecified atom stereocenters. The van der Waals surface area contributed by atoms with Crippen molar-refractivity contribution in [2.45, 2.75) is 103 Å². The number of aliphatic carboxylic acids is 1. The number of carbonyl (C=O) groups is 1. The molecule has 0 spiro atoms. The Balaban J connectivity index is 3.21. The van der Waals surface area contributed by atoms with Crippen LogP contribution in [0.4, 0.5) is 0 Å². The van der Waals surface area contributed by atoms with E-state index < -0.39 is 5.97 Å². The van der Waals surface area contributed by atoms with E-state index in [9.17, 15) is 4.79 Å². The van der Waals surface area contributed by atoms with Crippen LogP contribution in [-0.4, -0.2) is 28.7 Å². The lowest BCUT2D eigenvalue weighted by molar-refractivity contribution is -0.137. The molecule has 4 heteroatoms. The van der Waals surface area contributed by atoms with Crippen LogP contribution < -0.4 is 5.32 Å². The number of hydrogen-bond donors (Lipinski definition) is 2. The van der Waals surface area contributed by atoms with Gasteiger partial charge in [0.1, 0.15) is 0 Å². The number of thioether (sulfide) groups is 1. The molecule has 3 nitrogen and oxygen atoms in total. The van der Waals surface area contributed by atoms with E-state index in [2.05, 4.69) is 31.3 Å². The SMILES string of the molecule is CCCCCCCC/C=C\CCCCCSC(C)NCCCC(=O)O. The van der Waals surface area contributed by atoms with Crippen LogP contribution in [0, 0.1) is 0 Å². The molecule has 0 aliphatic heterocycles. The van der Waals surface area contributed by atoms with Gasteiger partial charge in [-0.15, -0.1) is 11.8 Å². The lowest BCUT2D eigenvalue weighted by Gasteiger charge is -2.12. The first-order chi connectivity index (χ1) is 12.2. The van der Waals surface area contributed by atoms with Gasteiger partial charge in [-0.2, -0.15) is 0 Å². The van der Waals surface area contributed by atoms with E-state index in [4.69, 9.17) is 5.11 Å². The Bertz CT molecular complexity index is 321. The smallest absolute Gasteiger partial charge is 0.303 e. The molecule has 0 radical (unpaired) electrons. The Morgan fingerprint density at radius 1 is 0.960 bits per heavy atom. The fourth-order valence-corrected chi connectivity index (χ4v) is 3.64. The van der Waals surface area contributed by atoms with Crippen molar-refractivity contribution < 1.29 is 9.90 Å². The highest BCUT2D eigenvalue weighted by molar-refractivity contribution is 7.99. The zero-order valence-corrected chi connectivity index (χ0v) is 17.4. The number of carboxylic acid groups (broad SMARTS) is 1. The van der Waals surface area contributed by atoms with Gasteiger partial charge in [-0.05, 0) is 57.7 Å². The van der Waals surface area contributed by atoms with E-state index in [-0.39, 0.29) is 6.42 Å². The molecule has 2 N–H and O–H groups in total. The lowest BCUT2D eigenvalue weighted by atomic mass is 10.1. The maximum absolute atomic E-state index is 10.4. The van der Waals surface area contributed by atoms with Gasteiger partial charge in [-0.1, -0.05) is 57.6 Å². The van der Waals surface area contributed by atoms with Crippen molar-refractivity contribution in [3.8, 4) is 0 Å².